The van der Waals surface area contributed by atoms with Gasteiger partial charge in [-0.2, -0.15) is 5.10 Å². The first kappa shape index (κ1) is 18.9. The SMILES string of the molecule is COc1ccc(C2CCN(C(=O)c3nn(-c4ccccc4C)c4c3CCC4)C2)cc1. The molecule has 1 fully saturated rings. The number of benzene rings is 2. The average molecular weight is 402 g/mol. The third kappa shape index (κ3) is 3.18. The van der Waals surface area contributed by atoms with Gasteiger partial charge in [0.2, 0.25) is 0 Å². The molecule has 0 N–H and O–H groups in total. The van der Waals surface area contributed by atoms with E-state index in [0.29, 0.717) is 11.6 Å². The fourth-order valence-corrected chi connectivity index (χ4v) is 4.85. The number of nitrogens with zero attached hydrogens (tertiary/aromatic N) is 3. The second-order valence-corrected chi connectivity index (χ2v) is 8.34. The molecule has 0 bridgehead atoms. The standard InChI is InChI=1S/C25H27N3O2/c1-17-6-3-4-8-22(17)28-23-9-5-7-21(23)24(26-28)25(29)27-15-14-19(16-27)18-10-12-20(30-2)13-11-18/h3-4,6,8,10-13,19H,5,7,9,14-16H2,1-2H3. The van der Waals surface area contributed by atoms with Crippen LogP contribution < -0.4 is 4.74 Å². The molecule has 0 radical (unpaired) electrons. The minimum atomic E-state index is 0.0801. The first-order valence-electron chi connectivity index (χ1n) is 10.8. The number of aryl methyl sites for hydroxylation is 1. The summed E-state index contributed by atoms with van der Waals surface area (Å²) in [5.41, 5.74) is 6.53. The summed E-state index contributed by atoms with van der Waals surface area (Å²) in [5.74, 6) is 1.31. The zero-order valence-corrected chi connectivity index (χ0v) is 17.6. The first-order chi connectivity index (χ1) is 14.7. The lowest BCUT2D eigenvalue weighted by Crippen LogP contribution is -2.29. The van der Waals surface area contributed by atoms with Crippen molar-refractivity contribution in [2.75, 3.05) is 20.2 Å². The minimum absolute atomic E-state index is 0.0801. The highest BCUT2D eigenvalue weighted by Crippen LogP contribution is 2.33. The van der Waals surface area contributed by atoms with E-state index in [0.717, 1.165) is 55.8 Å². The van der Waals surface area contributed by atoms with Crippen molar-refractivity contribution in [1.29, 1.82) is 0 Å². The highest BCUT2D eigenvalue weighted by molar-refractivity contribution is 5.94. The van der Waals surface area contributed by atoms with Gasteiger partial charge in [-0.15, -0.1) is 0 Å². The number of methoxy groups -OCH3 is 1. The smallest absolute Gasteiger partial charge is 0.274 e. The summed E-state index contributed by atoms with van der Waals surface area (Å²) in [6, 6.07) is 16.5. The molecule has 2 heterocycles. The number of aromatic nitrogens is 2. The van der Waals surface area contributed by atoms with Crippen LogP contribution in [0.25, 0.3) is 5.69 Å². The molecule has 1 aliphatic carbocycles. The lowest BCUT2D eigenvalue weighted by Gasteiger charge is -2.16. The Kier molecular flexibility index (Phi) is 4.81. The molecule has 1 unspecified atom stereocenters. The van der Waals surface area contributed by atoms with Crippen molar-refractivity contribution in [2.24, 2.45) is 0 Å². The molecule has 5 nitrogen and oxygen atoms in total. The minimum Gasteiger partial charge on any atom is -0.497 e. The zero-order valence-electron chi connectivity index (χ0n) is 17.6. The van der Waals surface area contributed by atoms with Crippen LogP contribution >= 0.6 is 0 Å². The maximum absolute atomic E-state index is 13.4. The molecule has 1 aliphatic heterocycles. The molecule has 30 heavy (non-hydrogen) atoms. The second-order valence-electron chi connectivity index (χ2n) is 8.34. The Labute approximate surface area is 177 Å². The van der Waals surface area contributed by atoms with Gasteiger partial charge in [-0.25, -0.2) is 4.68 Å². The number of hydrogen-bond donors (Lipinski definition) is 0. The molecule has 3 aromatic rings. The predicted molar refractivity (Wildman–Crippen MR) is 117 cm³/mol. The molecule has 0 spiro atoms. The van der Waals surface area contributed by atoms with Gasteiger partial charge in [-0.3, -0.25) is 4.79 Å². The Morgan fingerprint density at radius 2 is 1.90 bits per heavy atom. The number of para-hydroxylation sites is 1. The molecule has 2 aromatic carbocycles. The number of ether oxygens (including phenoxy) is 1. The van der Waals surface area contributed by atoms with E-state index in [1.54, 1.807) is 7.11 Å². The highest BCUT2D eigenvalue weighted by Gasteiger charge is 2.33. The lowest BCUT2D eigenvalue weighted by molar-refractivity contribution is 0.0783. The van der Waals surface area contributed by atoms with Gasteiger partial charge in [0.1, 0.15) is 5.75 Å². The van der Waals surface area contributed by atoms with Gasteiger partial charge in [0.25, 0.3) is 5.91 Å². The molecule has 1 amide bonds. The summed E-state index contributed by atoms with van der Waals surface area (Å²) in [4.78, 5) is 15.4. The van der Waals surface area contributed by atoms with Gasteiger partial charge >= 0.3 is 0 Å². The van der Waals surface area contributed by atoms with Gasteiger partial charge in [0.15, 0.2) is 5.69 Å². The van der Waals surface area contributed by atoms with Crippen molar-refractivity contribution in [3.05, 3.63) is 76.6 Å². The Balaban J connectivity index is 1.41. The van der Waals surface area contributed by atoms with Gasteiger partial charge < -0.3 is 9.64 Å². The number of carbonyl (C=O) groups excluding carboxylic acids is 1. The highest BCUT2D eigenvalue weighted by atomic mass is 16.5. The Morgan fingerprint density at radius 1 is 1.10 bits per heavy atom. The largest absolute Gasteiger partial charge is 0.497 e. The van der Waals surface area contributed by atoms with E-state index in [4.69, 9.17) is 9.84 Å². The lowest BCUT2D eigenvalue weighted by atomic mass is 9.98. The van der Waals surface area contributed by atoms with Gasteiger partial charge in [0.05, 0.1) is 12.8 Å². The molecule has 1 aromatic heterocycles. The molecular formula is C25H27N3O2. The van der Waals surface area contributed by atoms with Crippen LogP contribution in [-0.2, 0) is 12.8 Å². The van der Waals surface area contributed by atoms with Crippen molar-refractivity contribution in [3.63, 3.8) is 0 Å². The zero-order chi connectivity index (χ0) is 20.7. The summed E-state index contributed by atoms with van der Waals surface area (Å²) in [7, 11) is 1.68. The van der Waals surface area contributed by atoms with E-state index < -0.39 is 0 Å². The van der Waals surface area contributed by atoms with E-state index in [1.807, 2.05) is 33.8 Å². The molecule has 5 rings (SSSR count). The van der Waals surface area contributed by atoms with Crippen molar-refractivity contribution in [2.45, 2.75) is 38.5 Å². The van der Waals surface area contributed by atoms with Crippen molar-refractivity contribution >= 4 is 5.91 Å². The normalized spacial score (nSPS) is 17.9. The van der Waals surface area contributed by atoms with E-state index in [-0.39, 0.29) is 5.91 Å². The van der Waals surface area contributed by atoms with Gasteiger partial charge in [-0.05, 0) is 61.9 Å². The molecule has 1 saturated heterocycles. The number of rotatable bonds is 4. The van der Waals surface area contributed by atoms with Crippen molar-refractivity contribution in [1.82, 2.24) is 14.7 Å². The van der Waals surface area contributed by atoms with Crippen LogP contribution in [-0.4, -0.2) is 40.8 Å². The summed E-state index contributed by atoms with van der Waals surface area (Å²) in [5, 5.41) is 4.84. The van der Waals surface area contributed by atoms with E-state index >= 15 is 0 Å². The van der Waals surface area contributed by atoms with E-state index in [2.05, 4.69) is 31.2 Å². The fraction of sp³-hybridized carbons (Fsp3) is 0.360. The number of amides is 1. The number of fused-ring (bicyclic) bond motifs is 1. The quantitative estimate of drug-likeness (QED) is 0.655. The summed E-state index contributed by atoms with van der Waals surface area (Å²) < 4.78 is 7.28. The van der Waals surface area contributed by atoms with E-state index in [1.165, 1.54) is 16.8 Å². The third-order valence-corrected chi connectivity index (χ3v) is 6.54. The summed E-state index contributed by atoms with van der Waals surface area (Å²) >= 11 is 0. The first-order valence-corrected chi connectivity index (χ1v) is 10.8. The average Bonchev–Trinajstić information content (AvgIpc) is 3.51. The van der Waals surface area contributed by atoms with Crippen LogP contribution in [0.3, 0.4) is 0 Å². The summed E-state index contributed by atoms with van der Waals surface area (Å²) in [6.07, 6.45) is 4.00. The fourth-order valence-electron chi connectivity index (χ4n) is 4.85. The number of hydrogen-bond acceptors (Lipinski definition) is 3. The second kappa shape index (κ2) is 7.63. The van der Waals surface area contributed by atoms with Crippen molar-refractivity contribution in [3.8, 4) is 11.4 Å². The van der Waals surface area contributed by atoms with Crippen LogP contribution in [0.1, 0.15) is 51.6 Å². The van der Waals surface area contributed by atoms with Crippen LogP contribution in [0.2, 0.25) is 0 Å². The van der Waals surface area contributed by atoms with Crippen LogP contribution in [0.15, 0.2) is 48.5 Å². The van der Waals surface area contributed by atoms with E-state index in [9.17, 15) is 4.79 Å². The molecule has 0 saturated carbocycles. The van der Waals surface area contributed by atoms with Gasteiger partial charge in [0, 0.05) is 30.3 Å². The molecule has 1 atom stereocenters. The molecule has 5 heteroatoms. The van der Waals surface area contributed by atoms with Crippen LogP contribution in [0.4, 0.5) is 0 Å². The maximum atomic E-state index is 13.4. The topological polar surface area (TPSA) is 47.4 Å². The van der Waals surface area contributed by atoms with Crippen molar-refractivity contribution < 1.29 is 9.53 Å². The number of carbonyl (C=O) groups is 1. The van der Waals surface area contributed by atoms with Gasteiger partial charge in [-0.1, -0.05) is 30.3 Å². The van der Waals surface area contributed by atoms with Crippen LogP contribution in [0.5, 0.6) is 5.75 Å². The Bertz CT molecular complexity index is 1080. The number of likely N-dealkylation sites (tertiary alicyclic amines) is 1. The Morgan fingerprint density at radius 3 is 2.67 bits per heavy atom. The third-order valence-electron chi connectivity index (χ3n) is 6.54. The summed E-state index contributed by atoms with van der Waals surface area (Å²) in [6.45, 7) is 3.62. The van der Waals surface area contributed by atoms with Crippen LogP contribution in [0, 0.1) is 6.92 Å². The monoisotopic (exact) mass is 401 g/mol. The Hall–Kier alpha value is -3.08. The predicted octanol–water partition coefficient (Wildman–Crippen LogP) is 4.31. The maximum Gasteiger partial charge on any atom is 0.274 e. The molecule has 2 aliphatic rings. The molecular weight excluding hydrogens is 374 g/mol. The molecule has 154 valence electrons.